The van der Waals surface area contributed by atoms with Gasteiger partial charge in [-0.15, -0.1) is 0 Å². The Labute approximate surface area is 145 Å². The van der Waals surface area contributed by atoms with E-state index in [0.29, 0.717) is 28.2 Å². The molecule has 0 radical (unpaired) electrons. The number of hydrogen-bond acceptors (Lipinski definition) is 4. The monoisotopic (exact) mass is 350 g/mol. The molecular weight excluding hydrogens is 335 g/mol. The van der Waals surface area contributed by atoms with Crippen molar-refractivity contribution in [2.75, 3.05) is 20.2 Å². The van der Waals surface area contributed by atoms with Gasteiger partial charge in [0.15, 0.2) is 11.5 Å². The molecule has 0 spiro atoms. The molecule has 0 fully saturated rings. The third-order valence-electron chi connectivity index (χ3n) is 3.50. The van der Waals surface area contributed by atoms with Gasteiger partial charge in [0.05, 0.1) is 29.3 Å². The summed E-state index contributed by atoms with van der Waals surface area (Å²) in [5.74, 6) is 2.15. The van der Waals surface area contributed by atoms with Crippen LogP contribution in [-0.2, 0) is 6.61 Å². The predicted octanol–water partition coefficient (Wildman–Crippen LogP) is 3.93. The lowest BCUT2D eigenvalue weighted by atomic mass is 10.1. The topological polar surface area (TPSA) is 42.8 Å². The summed E-state index contributed by atoms with van der Waals surface area (Å²) in [6.07, 6.45) is 0. The van der Waals surface area contributed by atoms with E-state index in [9.17, 15) is 0 Å². The quantitative estimate of drug-likeness (QED) is 0.888. The number of para-hydroxylation sites is 1. The fraction of sp³-hybridized carbons (Fsp3) is 0.235. The van der Waals surface area contributed by atoms with Crippen molar-refractivity contribution < 1.29 is 9.47 Å². The molecule has 0 saturated heterocycles. The maximum Gasteiger partial charge on any atom is 0.172 e. The second kappa shape index (κ2) is 7.11. The van der Waals surface area contributed by atoms with Crippen LogP contribution in [0.25, 0.3) is 0 Å². The number of methoxy groups -OCH3 is 1. The van der Waals surface area contributed by atoms with Crippen molar-refractivity contribution in [3.8, 4) is 11.5 Å². The SMILES string of the molecule is COc1cccc(C2=NCCN2)c1OCc1ccc(Cl)c(Cl)c1. The first-order valence-corrected chi connectivity index (χ1v) is 7.97. The lowest BCUT2D eigenvalue weighted by Crippen LogP contribution is -2.20. The number of amidine groups is 1. The highest BCUT2D eigenvalue weighted by Gasteiger charge is 2.17. The van der Waals surface area contributed by atoms with Gasteiger partial charge in [-0.05, 0) is 29.8 Å². The van der Waals surface area contributed by atoms with E-state index in [-0.39, 0.29) is 0 Å². The Hall–Kier alpha value is -1.91. The molecule has 1 aliphatic heterocycles. The normalized spacial score (nSPS) is 13.4. The molecule has 2 aromatic rings. The van der Waals surface area contributed by atoms with Crippen molar-refractivity contribution in [1.29, 1.82) is 0 Å². The van der Waals surface area contributed by atoms with Gasteiger partial charge in [0, 0.05) is 6.54 Å². The third-order valence-corrected chi connectivity index (χ3v) is 4.23. The van der Waals surface area contributed by atoms with E-state index < -0.39 is 0 Å². The smallest absolute Gasteiger partial charge is 0.172 e. The summed E-state index contributed by atoms with van der Waals surface area (Å²) in [6, 6.07) is 11.2. The van der Waals surface area contributed by atoms with Gasteiger partial charge in [0.25, 0.3) is 0 Å². The zero-order valence-electron chi connectivity index (χ0n) is 12.6. The molecule has 0 aliphatic carbocycles. The number of halogens is 2. The van der Waals surface area contributed by atoms with Crippen molar-refractivity contribution in [2.45, 2.75) is 6.61 Å². The zero-order valence-corrected chi connectivity index (χ0v) is 14.1. The zero-order chi connectivity index (χ0) is 16.2. The van der Waals surface area contributed by atoms with Gasteiger partial charge in [0.2, 0.25) is 0 Å². The molecule has 0 aromatic heterocycles. The number of ether oxygens (including phenoxy) is 2. The molecule has 2 aromatic carbocycles. The molecular formula is C17H16Cl2N2O2. The maximum absolute atomic E-state index is 6.05. The molecule has 1 aliphatic rings. The first-order chi connectivity index (χ1) is 11.2. The first kappa shape index (κ1) is 16.0. The minimum absolute atomic E-state index is 0.359. The summed E-state index contributed by atoms with van der Waals surface area (Å²) in [5.41, 5.74) is 1.82. The van der Waals surface area contributed by atoms with E-state index in [4.69, 9.17) is 32.7 Å². The second-order valence-corrected chi connectivity index (χ2v) is 5.85. The highest BCUT2D eigenvalue weighted by Crippen LogP contribution is 2.33. The fourth-order valence-corrected chi connectivity index (χ4v) is 2.70. The molecule has 120 valence electrons. The summed E-state index contributed by atoms with van der Waals surface area (Å²) in [6.45, 7) is 1.95. The van der Waals surface area contributed by atoms with Crippen LogP contribution in [0.2, 0.25) is 10.0 Å². The summed E-state index contributed by atoms with van der Waals surface area (Å²) in [4.78, 5) is 4.45. The lowest BCUT2D eigenvalue weighted by molar-refractivity contribution is 0.284. The van der Waals surface area contributed by atoms with Crippen LogP contribution in [0.4, 0.5) is 0 Å². The molecule has 0 amide bonds. The first-order valence-electron chi connectivity index (χ1n) is 7.21. The Morgan fingerprint density at radius 1 is 1.17 bits per heavy atom. The van der Waals surface area contributed by atoms with E-state index in [1.54, 1.807) is 19.2 Å². The van der Waals surface area contributed by atoms with Gasteiger partial charge >= 0.3 is 0 Å². The number of hydrogen-bond donors (Lipinski definition) is 1. The van der Waals surface area contributed by atoms with Crippen LogP contribution in [0.3, 0.4) is 0 Å². The molecule has 23 heavy (non-hydrogen) atoms. The molecule has 3 rings (SSSR count). The van der Waals surface area contributed by atoms with Crippen molar-refractivity contribution in [2.24, 2.45) is 4.99 Å². The molecule has 1 N–H and O–H groups in total. The minimum Gasteiger partial charge on any atom is -0.493 e. The highest BCUT2D eigenvalue weighted by molar-refractivity contribution is 6.42. The number of rotatable bonds is 5. The van der Waals surface area contributed by atoms with Crippen molar-refractivity contribution in [3.63, 3.8) is 0 Å². The van der Waals surface area contributed by atoms with Crippen molar-refractivity contribution in [1.82, 2.24) is 5.32 Å². The van der Waals surface area contributed by atoms with E-state index >= 15 is 0 Å². The number of nitrogens with zero attached hydrogens (tertiary/aromatic N) is 1. The Morgan fingerprint density at radius 2 is 2.04 bits per heavy atom. The number of aliphatic imine (C=N–C) groups is 1. The maximum atomic E-state index is 6.05. The largest absolute Gasteiger partial charge is 0.493 e. The van der Waals surface area contributed by atoms with Gasteiger partial charge < -0.3 is 14.8 Å². The molecule has 1 heterocycles. The van der Waals surface area contributed by atoms with Crippen LogP contribution in [0.5, 0.6) is 11.5 Å². The van der Waals surface area contributed by atoms with Crippen molar-refractivity contribution in [3.05, 3.63) is 57.6 Å². The van der Waals surface area contributed by atoms with Crippen LogP contribution >= 0.6 is 23.2 Å². The summed E-state index contributed by atoms with van der Waals surface area (Å²) in [5, 5.41) is 4.29. The average Bonchev–Trinajstić information content (AvgIpc) is 3.10. The molecule has 0 saturated carbocycles. The molecule has 6 heteroatoms. The van der Waals surface area contributed by atoms with Gasteiger partial charge in [-0.1, -0.05) is 35.3 Å². The van der Waals surface area contributed by atoms with Crippen LogP contribution in [0.15, 0.2) is 41.4 Å². The Morgan fingerprint density at radius 3 is 2.74 bits per heavy atom. The average molecular weight is 351 g/mol. The Balaban J connectivity index is 1.87. The lowest BCUT2D eigenvalue weighted by Gasteiger charge is -2.15. The minimum atomic E-state index is 0.359. The van der Waals surface area contributed by atoms with Crippen LogP contribution in [0.1, 0.15) is 11.1 Å². The van der Waals surface area contributed by atoms with E-state index in [1.807, 2.05) is 24.3 Å². The molecule has 0 unspecified atom stereocenters. The molecule has 4 nitrogen and oxygen atoms in total. The fourth-order valence-electron chi connectivity index (χ4n) is 2.38. The van der Waals surface area contributed by atoms with Crippen LogP contribution in [-0.4, -0.2) is 26.0 Å². The highest BCUT2D eigenvalue weighted by atomic mass is 35.5. The Kier molecular flexibility index (Phi) is 4.94. The van der Waals surface area contributed by atoms with Gasteiger partial charge in [-0.25, -0.2) is 0 Å². The Bertz CT molecular complexity index is 747. The standard InChI is InChI=1S/C17H16Cl2N2O2/c1-22-15-4-2-3-12(17-20-7-8-21-17)16(15)23-10-11-5-6-13(18)14(19)9-11/h2-6,9H,7-8,10H2,1H3,(H,20,21). The van der Waals surface area contributed by atoms with Crippen LogP contribution < -0.4 is 14.8 Å². The van der Waals surface area contributed by atoms with Gasteiger partial charge in [0.1, 0.15) is 12.4 Å². The van der Waals surface area contributed by atoms with Crippen LogP contribution in [0, 0.1) is 0 Å². The predicted molar refractivity (Wildman–Crippen MR) is 93.2 cm³/mol. The van der Waals surface area contributed by atoms with E-state index in [1.165, 1.54) is 0 Å². The number of nitrogens with one attached hydrogen (secondary N) is 1. The third kappa shape index (κ3) is 3.54. The molecule has 0 bridgehead atoms. The summed E-state index contributed by atoms with van der Waals surface area (Å²) < 4.78 is 11.4. The second-order valence-electron chi connectivity index (χ2n) is 5.03. The molecule has 0 atom stereocenters. The van der Waals surface area contributed by atoms with Gasteiger partial charge in [-0.2, -0.15) is 0 Å². The van der Waals surface area contributed by atoms with E-state index in [0.717, 1.165) is 30.1 Å². The van der Waals surface area contributed by atoms with Crippen molar-refractivity contribution >= 4 is 29.0 Å². The van der Waals surface area contributed by atoms with Gasteiger partial charge in [-0.3, -0.25) is 4.99 Å². The summed E-state index contributed by atoms with van der Waals surface area (Å²) in [7, 11) is 1.62. The van der Waals surface area contributed by atoms with E-state index in [2.05, 4.69) is 10.3 Å². The summed E-state index contributed by atoms with van der Waals surface area (Å²) >= 11 is 12.0. The number of benzene rings is 2.